The van der Waals surface area contributed by atoms with Gasteiger partial charge >= 0.3 is 12.2 Å². The summed E-state index contributed by atoms with van der Waals surface area (Å²) in [6.45, 7) is 2.43. The zero-order valence-corrected chi connectivity index (χ0v) is 12.4. The van der Waals surface area contributed by atoms with Gasteiger partial charge in [-0.1, -0.05) is 12.1 Å². The van der Waals surface area contributed by atoms with E-state index in [2.05, 4.69) is 15.5 Å². The number of nitrogens with zero attached hydrogens (tertiary/aromatic N) is 1. The van der Waals surface area contributed by atoms with Gasteiger partial charge in [0.1, 0.15) is 0 Å². The number of alkyl halides is 3. The lowest BCUT2D eigenvalue weighted by molar-refractivity contribution is -0.136. The molecule has 2 amide bonds. The Kier molecular flexibility index (Phi) is 5.28. The second-order valence-corrected chi connectivity index (χ2v) is 5.63. The van der Waals surface area contributed by atoms with Crippen molar-refractivity contribution in [1.82, 2.24) is 10.2 Å². The van der Waals surface area contributed by atoms with Crippen LogP contribution in [0.25, 0.3) is 0 Å². The van der Waals surface area contributed by atoms with Gasteiger partial charge < -0.3 is 15.5 Å². The average molecular weight is 315 g/mol. The van der Waals surface area contributed by atoms with Gasteiger partial charge in [-0.3, -0.25) is 0 Å². The molecule has 0 radical (unpaired) electrons. The van der Waals surface area contributed by atoms with E-state index in [0.29, 0.717) is 12.5 Å². The Labute approximate surface area is 127 Å². The van der Waals surface area contributed by atoms with Crippen LogP contribution in [0, 0.1) is 5.92 Å². The van der Waals surface area contributed by atoms with E-state index in [1.54, 1.807) is 0 Å². The molecule has 1 aromatic carbocycles. The number of rotatable bonds is 3. The molecule has 0 aromatic heterocycles. The number of carbonyl (C=O) groups excluding carboxylic acids is 1. The summed E-state index contributed by atoms with van der Waals surface area (Å²) in [6, 6.07) is 4.35. The van der Waals surface area contributed by atoms with Crippen LogP contribution in [0.5, 0.6) is 0 Å². The number of urea groups is 1. The molecule has 1 aromatic rings. The standard InChI is InChI=1S/C15H20F3N3O/c1-21-8-6-11(7-9-21)10-19-14(22)20-13-5-3-2-4-12(13)15(16,17)18/h2-5,11H,6-10H2,1H3,(H2,19,20,22). The molecule has 0 bridgehead atoms. The van der Waals surface area contributed by atoms with Crippen LogP contribution in [-0.2, 0) is 6.18 Å². The Balaban J connectivity index is 1.87. The fourth-order valence-electron chi connectivity index (χ4n) is 2.51. The molecule has 22 heavy (non-hydrogen) atoms. The third kappa shape index (κ3) is 4.62. The topological polar surface area (TPSA) is 44.4 Å². The van der Waals surface area contributed by atoms with Crippen LogP contribution in [0.15, 0.2) is 24.3 Å². The van der Waals surface area contributed by atoms with Crippen molar-refractivity contribution in [2.45, 2.75) is 19.0 Å². The summed E-state index contributed by atoms with van der Waals surface area (Å²) in [4.78, 5) is 14.0. The molecule has 0 spiro atoms. The van der Waals surface area contributed by atoms with E-state index in [9.17, 15) is 18.0 Å². The van der Waals surface area contributed by atoms with Crippen LogP contribution in [0.1, 0.15) is 18.4 Å². The van der Waals surface area contributed by atoms with Crippen LogP contribution >= 0.6 is 0 Å². The Morgan fingerprint density at radius 1 is 1.27 bits per heavy atom. The summed E-state index contributed by atoms with van der Waals surface area (Å²) in [6.07, 6.45) is -2.52. The molecular weight excluding hydrogens is 295 g/mol. The van der Waals surface area contributed by atoms with E-state index < -0.39 is 17.8 Å². The van der Waals surface area contributed by atoms with Crippen molar-refractivity contribution in [3.05, 3.63) is 29.8 Å². The molecule has 2 N–H and O–H groups in total. The second kappa shape index (κ2) is 7.00. The van der Waals surface area contributed by atoms with Gasteiger partial charge in [0.25, 0.3) is 0 Å². The molecule has 0 atom stereocenters. The summed E-state index contributed by atoms with van der Waals surface area (Å²) in [7, 11) is 2.05. The second-order valence-electron chi connectivity index (χ2n) is 5.63. The van der Waals surface area contributed by atoms with Gasteiger partial charge in [-0.25, -0.2) is 4.79 Å². The van der Waals surface area contributed by atoms with Gasteiger partial charge in [0.05, 0.1) is 11.3 Å². The molecule has 122 valence electrons. The van der Waals surface area contributed by atoms with Gasteiger partial charge in [0, 0.05) is 6.54 Å². The van der Waals surface area contributed by atoms with Crippen molar-refractivity contribution >= 4 is 11.7 Å². The predicted molar refractivity (Wildman–Crippen MR) is 78.7 cm³/mol. The van der Waals surface area contributed by atoms with Gasteiger partial charge in [-0.15, -0.1) is 0 Å². The highest BCUT2D eigenvalue weighted by atomic mass is 19.4. The van der Waals surface area contributed by atoms with E-state index in [0.717, 1.165) is 32.0 Å². The summed E-state index contributed by atoms with van der Waals surface area (Å²) in [5.41, 5.74) is -1.07. The van der Waals surface area contributed by atoms with Crippen LogP contribution in [0.3, 0.4) is 0 Å². The van der Waals surface area contributed by atoms with Crippen LogP contribution in [0.4, 0.5) is 23.7 Å². The first-order valence-electron chi connectivity index (χ1n) is 7.26. The van der Waals surface area contributed by atoms with Crippen LogP contribution in [-0.4, -0.2) is 37.6 Å². The molecule has 7 heteroatoms. The number of para-hydroxylation sites is 1. The van der Waals surface area contributed by atoms with E-state index in [1.807, 2.05) is 7.05 Å². The number of piperidine rings is 1. The van der Waals surface area contributed by atoms with Crippen molar-refractivity contribution in [3.8, 4) is 0 Å². The first-order valence-corrected chi connectivity index (χ1v) is 7.26. The van der Waals surface area contributed by atoms with Crippen molar-refractivity contribution < 1.29 is 18.0 Å². The Bertz CT molecular complexity index is 511. The number of hydrogen-bond donors (Lipinski definition) is 2. The summed E-state index contributed by atoms with van der Waals surface area (Å²) < 4.78 is 38.5. The van der Waals surface area contributed by atoms with Crippen molar-refractivity contribution in [1.29, 1.82) is 0 Å². The molecule has 1 aliphatic rings. The third-order valence-corrected chi connectivity index (χ3v) is 3.87. The first-order chi connectivity index (χ1) is 10.4. The normalized spacial score (nSPS) is 17.3. The summed E-state index contributed by atoms with van der Waals surface area (Å²) in [5, 5.41) is 4.94. The quantitative estimate of drug-likeness (QED) is 0.900. The largest absolute Gasteiger partial charge is 0.418 e. The number of carbonyl (C=O) groups is 1. The fourth-order valence-corrected chi connectivity index (χ4v) is 2.51. The minimum absolute atomic E-state index is 0.226. The van der Waals surface area contributed by atoms with Crippen LogP contribution < -0.4 is 10.6 Å². The molecule has 0 unspecified atom stereocenters. The lowest BCUT2D eigenvalue weighted by Gasteiger charge is -2.29. The maximum atomic E-state index is 12.8. The highest BCUT2D eigenvalue weighted by Crippen LogP contribution is 2.34. The predicted octanol–water partition coefficient (Wildman–Crippen LogP) is 3.17. The SMILES string of the molecule is CN1CCC(CNC(=O)Nc2ccccc2C(F)(F)F)CC1. The highest BCUT2D eigenvalue weighted by Gasteiger charge is 2.33. The summed E-state index contributed by atoms with van der Waals surface area (Å²) in [5.74, 6) is 0.375. The number of nitrogens with one attached hydrogen (secondary N) is 2. The van der Waals surface area contributed by atoms with E-state index in [4.69, 9.17) is 0 Å². The Morgan fingerprint density at radius 3 is 2.55 bits per heavy atom. The van der Waals surface area contributed by atoms with Gasteiger partial charge in [0.2, 0.25) is 0 Å². The third-order valence-electron chi connectivity index (χ3n) is 3.87. The van der Waals surface area contributed by atoms with Gasteiger partial charge in [-0.05, 0) is 51.0 Å². The molecule has 4 nitrogen and oxygen atoms in total. The molecule has 1 fully saturated rings. The Morgan fingerprint density at radius 2 is 1.91 bits per heavy atom. The zero-order chi connectivity index (χ0) is 16.2. The number of likely N-dealkylation sites (tertiary alicyclic amines) is 1. The maximum Gasteiger partial charge on any atom is 0.418 e. The lowest BCUT2D eigenvalue weighted by atomic mass is 9.97. The van der Waals surface area contributed by atoms with E-state index in [1.165, 1.54) is 18.2 Å². The molecule has 1 heterocycles. The van der Waals surface area contributed by atoms with E-state index >= 15 is 0 Å². The van der Waals surface area contributed by atoms with Crippen molar-refractivity contribution in [3.63, 3.8) is 0 Å². The monoisotopic (exact) mass is 315 g/mol. The van der Waals surface area contributed by atoms with Crippen LogP contribution in [0.2, 0.25) is 0 Å². The maximum absolute atomic E-state index is 12.8. The molecule has 1 saturated heterocycles. The number of halogens is 3. The molecule has 2 rings (SSSR count). The first kappa shape index (κ1) is 16.6. The average Bonchev–Trinajstić information content (AvgIpc) is 2.46. The molecule has 1 aliphatic heterocycles. The number of hydrogen-bond acceptors (Lipinski definition) is 2. The summed E-state index contributed by atoms with van der Waals surface area (Å²) >= 11 is 0. The Hall–Kier alpha value is -1.76. The highest BCUT2D eigenvalue weighted by molar-refractivity contribution is 5.90. The molecule has 0 saturated carbocycles. The van der Waals surface area contributed by atoms with Crippen molar-refractivity contribution in [2.75, 3.05) is 32.0 Å². The van der Waals surface area contributed by atoms with E-state index in [-0.39, 0.29) is 5.69 Å². The van der Waals surface area contributed by atoms with Gasteiger partial charge in [-0.2, -0.15) is 13.2 Å². The van der Waals surface area contributed by atoms with Gasteiger partial charge in [0.15, 0.2) is 0 Å². The molecular formula is C15H20F3N3O. The zero-order valence-electron chi connectivity index (χ0n) is 12.4. The molecule has 0 aliphatic carbocycles. The minimum atomic E-state index is -4.49. The number of anilines is 1. The fraction of sp³-hybridized carbons (Fsp3) is 0.533. The minimum Gasteiger partial charge on any atom is -0.338 e. The smallest absolute Gasteiger partial charge is 0.338 e. The number of benzene rings is 1. The lowest BCUT2D eigenvalue weighted by Crippen LogP contribution is -2.38. The number of amides is 2. The van der Waals surface area contributed by atoms with Crippen molar-refractivity contribution in [2.24, 2.45) is 5.92 Å².